The van der Waals surface area contributed by atoms with Crippen molar-refractivity contribution in [3.05, 3.63) is 64.0 Å². The Balaban J connectivity index is 1.55. The number of non-ortho nitro benzene ring substituents is 1. The van der Waals surface area contributed by atoms with Crippen LogP contribution in [-0.2, 0) is 10.0 Å². The summed E-state index contributed by atoms with van der Waals surface area (Å²) in [6.07, 6.45) is 0. The molecule has 0 spiro atoms. The van der Waals surface area contributed by atoms with E-state index in [1.165, 1.54) is 16.4 Å². The van der Waals surface area contributed by atoms with Crippen LogP contribution in [0.15, 0.2) is 47.4 Å². The molecule has 0 N–H and O–H groups in total. The third kappa shape index (κ3) is 4.21. The summed E-state index contributed by atoms with van der Waals surface area (Å²) < 4.78 is 56.1. The Labute approximate surface area is 189 Å². The minimum atomic E-state index is -3.94. The second-order valence-corrected chi connectivity index (χ2v) is 9.84. The quantitative estimate of drug-likeness (QED) is 0.395. The number of nitro benzene ring substituents is 1. The predicted molar refractivity (Wildman–Crippen MR) is 118 cm³/mol. The number of rotatable bonds is 6. The monoisotopic (exact) mass is 479 g/mol. The summed E-state index contributed by atoms with van der Waals surface area (Å²) in [6.45, 7) is 1.47. The highest BCUT2D eigenvalue weighted by molar-refractivity contribution is 7.89. The summed E-state index contributed by atoms with van der Waals surface area (Å²) in [6, 6.07) is 9.98. The van der Waals surface area contributed by atoms with Crippen molar-refractivity contribution in [2.45, 2.75) is 31.3 Å². The summed E-state index contributed by atoms with van der Waals surface area (Å²) in [7, 11) is -3.94. The molecule has 1 aliphatic heterocycles. The summed E-state index contributed by atoms with van der Waals surface area (Å²) in [5, 5.41) is 11.1. The van der Waals surface area contributed by atoms with Crippen molar-refractivity contribution in [3.8, 4) is 0 Å². The van der Waals surface area contributed by atoms with E-state index in [9.17, 15) is 27.3 Å². The van der Waals surface area contributed by atoms with E-state index in [1.807, 2.05) is 4.90 Å². The lowest BCUT2D eigenvalue weighted by Crippen LogP contribution is -2.49. The van der Waals surface area contributed by atoms with E-state index in [4.69, 9.17) is 0 Å². The molecule has 0 saturated carbocycles. The second kappa shape index (κ2) is 8.76. The molecule has 1 aliphatic rings. The van der Waals surface area contributed by atoms with Gasteiger partial charge in [0.15, 0.2) is 0 Å². The van der Waals surface area contributed by atoms with Gasteiger partial charge in [-0.25, -0.2) is 13.4 Å². The molecule has 1 fully saturated rings. The van der Waals surface area contributed by atoms with Crippen LogP contribution in [0.4, 0.5) is 14.5 Å². The van der Waals surface area contributed by atoms with Gasteiger partial charge in [0.05, 0.1) is 26.9 Å². The van der Waals surface area contributed by atoms with Gasteiger partial charge in [0.25, 0.3) is 5.69 Å². The minimum absolute atomic E-state index is 0.0994. The van der Waals surface area contributed by atoms with Crippen molar-refractivity contribution in [1.29, 1.82) is 0 Å². The van der Waals surface area contributed by atoms with Gasteiger partial charge < -0.3 is 0 Å². The number of aryl methyl sites for hydroxylation is 1. The summed E-state index contributed by atoms with van der Waals surface area (Å²) in [4.78, 5) is 16.7. The maximum absolute atomic E-state index is 13.8. The molecular formula is C21H23F2N5O4S. The van der Waals surface area contributed by atoms with Crippen LogP contribution in [0, 0.1) is 17.0 Å². The average Bonchev–Trinajstić information content (AvgIpc) is 3.18. The first kappa shape index (κ1) is 23.2. The Morgan fingerprint density at radius 1 is 1.09 bits per heavy atom. The van der Waals surface area contributed by atoms with Gasteiger partial charge in [-0.05, 0) is 31.5 Å². The van der Waals surface area contributed by atoms with Crippen LogP contribution in [0.1, 0.15) is 30.9 Å². The number of aromatic nitrogens is 2. The van der Waals surface area contributed by atoms with Gasteiger partial charge in [0.1, 0.15) is 5.82 Å². The Bertz CT molecular complexity index is 1300. The Hall–Kier alpha value is -2.96. The molecule has 0 amide bonds. The SMILES string of the molecule is Cc1ccc([N+](=O)[O-])cc1S(=O)(=O)N1CCN(C(C)c2nc3ccccc3n2C(F)F)CC1. The third-order valence-corrected chi connectivity index (χ3v) is 8.05. The average molecular weight is 480 g/mol. The molecular weight excluding hydrogens is 456 g/mol. The number of imidazole rings is 1. The first-order chi connectivity index (χ1) is 15.6. The maximum Gasteiger partial charge on any atom is 0.320 e. The minimum Gasteiger partial charge on any atom is -0.291 e. The van der Waals surface area contributed by atoms with E-state index in [2.05, 4.69) is 4.98 Å². The molecule has 1 atom stereocenters. The molecule has 0 radical (unpaired) electrons. The van der Waals surface area contributed by atoms with Crippen molar-refractivity contribution in [1.82, 2.24) is 18.8 Å². The Morgan fingerprint density at radius 3 is 2.39 bits per heavy atom. The fraction of sp³-hybridized carbons (Fsp3) is 0.381. The van der Waals surface area contributed by atoms with Crippen LogP contribution in [0.2, 0.25) is 0 Å². The molecule has 176 valence electrons. The van der Waals surface area contributed by atoms with Gasteiger partial charge in [-0.15, -0.1) is 0 Å². The largest absolute Gasteiger partial charge is 0.320 e. The topological polar surface area (TPSA) is 102 Å². The predicted octanol–water partition coefficient (Wildman–Crippen LogP) is 3.72. The zero-order chi connectivity index (χ0) is 23.9. The van der Waals surface area contributed by atoms with E-state index in [-0.39, 0.29) is 29.5 Å². The molecule has 1 unspecified atom stereocenters. The fourth-order valence-corrected chi connectivity index (χ4v) is 5.84. The fourth-order valence-electron chi connectivity index (χ4n) is 4.18. The van der Waals surface area contributed by atoms with E-state index in [0.717, 1.165) is 10.6 Å². The van der Waals surface area contributed by atoms with Crippen LogP contribution in [0.25, 0.3) is 11.0 Å². The lowest BCUT2D eigenvalue weighted by Gasteiger charge is -2.37. The number of benzene rings is 2. The van der Waals surface area contributed by atoms with Gasteiger partial charge in [0, 0.05) is 38.3 Å². The standard InChI is InChI=1S/C21H23F2N5O4S/c1-14-7-8-16(28(29)30)13-19(14)33(31,32)26-11-9-25(10-12-26)15(2)20-24-17-5-3-4-6-18(17)27(20)21(22)23/h3-8,13,15,21H,9-12H2,1-2H3. The number of sulfonamides is 1. The molecule has 0 bridgehead atoms. The Kier molecular flexibility index (Phi) is 6.16. The lowest BCUT2D eigenvalue weighted by atomic mass is 10.2. The van der Waals surface area contributed by atoms with E-state index >= 15 is 0 Å². The molecule has 4 rings (SSSR count). The van der Waals surface area contributed by atoms with Crippen molar-refractivity contribution < 1.29 is 22.1 Å². The third-order valence-electron chi connectivity index (χ3n) is 6.01. The summed E-state index contributed by atoms with van der Waals surface area (Å²) in [5.41, 5.74) is 0.943. The normalized spacial score (nSPS) is 17.0. The van der Waals surface area contributed by atoms with Gasteiger partial charge >= 0.3 is 6.55 Å². The van der Waals surface area contributed by atoms with E-state index < -0.39 is 27.5 Å². The number of alkyl halides is 2. The van der Waals surface area contributed by atoms with Crippen LogP contribution in [0.3, 0.4) is 0 Å². The number of piperazine rings is 1. The van der Waals surface area contributed by atoms with Crippen molar-refractivity contribution in [3.63, 3.8) is 0 Å². The molecule has 2 heterocycles. The molecule has 9 nitrogen and oxygen atoms in total. The maximum atomic E-state index is 13.8. The van der Waals surface area contributed by atoms with Gasteiger partial charge in [-0.2, -0.15) is 13.1 Å². The highest BCUT2D eigenvalue weighted by atomic mass is 32.2. The molecule has 3 aromatic rings. The molecule has 2 aromatic carbocycles. The number of fused-ring (bicyclic) bond motifs is 1. The number of nitro groups is 1. The van der Waals surface area contributed by atoms with Gasteiger partial charge in [-0.3, -0.25) is 19.6 Å². The summed E-state index contributed by atoms with van der Waals surface area (Å²) >= 11 is 0. The molecule has 1 aromatic heterocycles. The smallest absolute Gasteiger partial charge is 0.291 e. The Morgan fingerprint density at radius 2 is 1.76 bits per heavy atom. The molecule has 0 aliphatic carbocycles. The molecule has 1 saturated heterocycles. The highest BCUT2D eigenvalue weighted by Gasteiger charge is 2.34. The van der Waals surface area contributed by atoms with Crippen LogP contribution in [-0.4, -0.2) is 58.3 Å². The van der Waals surface area contributed by atoms with Crippen LogP contribution >= 0.6 is 0 Å². The molecule has 33 heavy (non-hydrogen) atoms. The first-order valence-corrected chi connectivity index (χ1v) is 11.8. The van der Waals surface area contributed by atoms with E-state index in [0.29, 0.717) is 29.7 Å². The van der Waals surface area contributed by atoms with Gasteiger partial charge in [-0.1, -0.05) is 18.2 Å². The number of halogens is 2. The number of hydrogen-bond acceptors (Lipinski definition) is 6. The number of hydrogen-bond donors (Lipinski definition) is 0. The zero-order valence-corrected chi connectivity index (χ0v) is 18.9. The van der Waals surface area contributed by atoms with Crippen molar-refractivity contribution in [2.75, 3.05) is 26.2 Å². The highest BCUT2D eigenvalue weighted by Crippen LogP contribution is 2.31. The van der Waals surface area contributed by atoms with E-state index in [1.54, 1.807) is 38.1 Å². The van der Waals surface area contributed by atoms with Crippen molar-refractivity contribution in [2.24, 2.45) is 0 Å². The number of para-hydroxylation sites is 2. The van der Waals surface area contributed by atoms with Crippen LogP contribution in [0.5, 0.6) is 0 Å². The lowest BCUT2D eigenvalue weighted by molar-refractivity contribution is -0.385. The zero-order valence-electron chi connectivity index (χ0n) is 18.1. The number of nitrogens with zero attached hydrogens (tertiary/aromatic N) is 5. The second-order valence-electron chi connectivity index (χ2n) is 7.93. The summed E-state index contributed by atoms with van der Waals surface area (Å²) in [5.74, 6) is 0.219. The van der Waals surface area contributed by atoms with Crippen LogP contribution < -0.4 is 0 Å². The van der Waals surface area contributed by atoms with Gasteiger partial charge in [0.2, 0.25) is 10.0 Å². The first-order valence-electron chi connectivity index (χ1n) is 10.4. The van der Waals surface area contributed by atoms with Crippen molar-refractivity contribution >= 4 is 26.7 Å². The molecule has 12 heteroatoms.